The third-order valence-electron chi connectivity index (χ3n) is 7.50. The fourth-order valence-corrected chi connectivity index (χ4v) is 6.19. The molecule has 1 aromatic rings. The molecule has 2 N–H and O–H groups in total. The Morgan fingerprint density at radius 1 is 1.25 bits per heavy atom. The van der Waals surface area contributed by atoms with Crippen LogP contribution in [0.3, 0.4) is 0 Å². The van der Waals surface area contributed by atoms with Gasteiger partial charge in [-0.25, -0.2) is 13.2 Å². The molecule has 0 aromatic heterocycles. The molecule has 2 bridgehead atoms. The Kier molecular flexibility index (Phi) is 4.74. The molecule has 5 atom stereocenters. The van der Waals surface area contributed by atoms with Crippen molar-refractivity contribution in [2.45, 2.75) is 51.7 Å². The second-order valence-electron chi connectivity index (χ2n) is 9.10. The van der Waals surface area contributed by atoms with Gasteiger partial charge in [-0.3, -0.25) is 4.79 Å². The molecule has 1 saturated heterocycles. The van der Waals surface area contributed by atoms with Crippen molar-refractivity contribution >= 4 is 5.91 Å². The lowest BCUT2D eigenvalue weighted by Crippen LogP contribution is -2.59. The van der Waals surface area contributed by atoms with Crippen LogP contribution < -0.4 is 5.32 Å². The lowest BCUT2D eigenvalue weighted by atomic mass is 9.58. The molecule has 4 nitrogen and oxygen atoms in total. The molecule has 0 unspecified atom stereocenters. The molecular weight excluding hydrogens is 371 g/mol. The Morgan fingerprint density at radius 3 is 2.68 bits per heavy atom. The van der Waals surface area contributed by atoms with Gasteiger partial charge in [-0.2, -0.15) is 0 Å². The summed E-state index contributed by atoms with van der Waals surface area (Å²) in [7, 11) is 0. The third-order valence-corrected chi connectivity index (χ3v) is 7.50. The monoisotopic (exact) mass is 397 g/mol. The van der Waals surface area contributed by atoms with E-state index in [1.54, 1.807) is 0 Å². The Morgan fingerprint density at radius 2 is 1.96 bits per heavy atom. The minimum Gasteiger partial charge on any atom is -0.396 e. The maximum Gasteiger partial charge on any atom is 0.222 e. The molecule has 3 aliphatic rings. The maximum atomic E-state index is 14.5. The number of carbonyl (C=O) groups excluding carboxylic acids is 1. The second-order valence-corrected chi connectivity index (χ2v) is 9.10. The molecule has 1 aliphatic heterocycles. The van der Waals surface area contributed by atoms with E-state index >= 15 is 0 Å². The lowest BCUT2D eigenvalue weighted by Gasteiger charge is -2.53. The van der Waals surface area contributed by atoms with Crippen molar-refractivity contribution in [1.82, 2.24) is 5.32 Å². The third kappa shape index (κ3) is 2.77. The van der Waals surface area contributed by atoms with Crippen LogP contribution in [0.4, 0.5) is 13.2 Å². The van der Waals surface area contributed by atoms with Crippen LogP contribution in [0, 0.1) is 40.1 Å². The van der Waals surface area contributed by atoms with E-state index in [1.165, 1.54) is 0 Å². The Labute approximate surface area is 162 Å². The number of amides is 1. The van der Waals surface area contributed by atoms with Crippen LogP contribution in [0.25, 0.3) is 0 Å². The smallest absolute Gasteiger partial charge is 0.222 e. The summed E-state index contributed by atoms with van der Waals surface area (Å²) < 4.78 is 47.6. The van der Waals surface area contributed by atoms with E-state index in [0.717, 1.165) is 25.3 Å². The molecule has 0 radical (unpaired) electrons. The van der Waals surface area contributed by atoms with Gasteiger partial charge in [-0.1, -0.05) is 13.8 Å². The number of hydrogen-bond acceptors (Lipinski definition) is 3. The number of aliphatic hydroxyl groups is 1. The van der Waals surface area contributed by atoms with Gasteiger partial charge in [0.1, 0.15) is 5.82 Å². The molecule has 4 rings (SSSR count). The zero-order valence-corrected chi connectivity index (χ0v) is 16.1. The molecule has 7 heteroatoms. The van der Waals surface area contributed by atoms with E-state index in [0.29, 0.717) is 18.6 Å². The highest BCUT2D eigenvalue weighted by molar-refractivity contribution is 5.76. The van der Waals surface area contributed by atoms with Gasteiger partial charge in [0.05, 0.1) is 12.7 Å². The molecule has 1 aromatic carbocycles. The van der Waals surface area contributed by atoms with Crippen LogP contribution in [0.1, 0.15) is 51.2 Å². The summed E-state index contributed by atoms with van der Waals surface area (Å²) in [5.41, 5.74) is -0.371. The van der Waals surface area contributed by atoms with Crippen molar-refractivity contribution in [1.29, 1.82) is 0 Å². The fraction of sp³-hybridized carbons (Fsp3) is 0.667. The van der Waals surface area contributed by atoms with Gasteiger partial charge >= 0.3 is 0 Å². The lowest BCUT2D eigenvalue weighted by molar-refractivity contribution is -0.138. The van der Waals surface area contributed by atoms with Crippen molar-refractivity contribution in [3.8, 4) is 0 Å². The first-order valence-electron chi connectivity index (χ1n) is 9.87. The summed E-state index contributed by atoms with van der Waals surface area (Å²) in [5.74, 6) is -3.08. The van der Waals surface area contributed by atoms with Crippen LogP contribution in [-0.2, 0) is 9.53 Å². The number of aliphatic hydroxyl groups excluding tert-OH is 1. The van der Waals surface area contributed by atoms with Crippen molar-refractivity contribution in [3.05, 3.63) is 35.1 Å². The molecule has 1 heterocycles. The van der Waals surface area contributed by atoms with Gasteiger partial charge in [-0.05, 0) is 48.0 Å². The maximum absolute atomic E-state index is 14.5. The molecule has 2 saturated carbocycles. The minimum absolute atomic E-state index is 0.0374. The first-order valence-corrected chi connectivity index (χ1v) is 9.87. The highest BCUT2D eigenvalue weighted by atomic mass is 19.2. The van der Waals surface area contributed by atoms with Crippen molar-refractivity contribution in [2.75, 3.05) is 13.2 Å². The number of halogens is 3. The predicted molar refractivity (Wildman–Crippen MR) is 95.7 cm³/mol. The largest absolute Gasteiger partial charge is 0.396 e. The summed E-state index contributed by atoms with van der Waals surface area (Å²) in [6, 6.07) is 1.35. The number of rotatable bonds is 4. The van der Waals surface area contributed by atoms with Gasteiger partial charge in [-0.15, -0.1) is 0 Å². The van der Waals surface area contributed by atoms with Crippen molar-refractivity contribution in [3.63, 3.8) is 0 Å². The Balaban J connectivity index is 1.70. The molecule has 1 spiro atoms. The summed E-state index contributed by atoms with van der Waals surface area (Å²) >= 11 is 0. The highest BCUT2D eigenvalue weighted by Crippen LogP contribution is 2.70. The number of nitrogens with one attached hydrogen (secondary N) is 1. The molecule has 1 amide bonds. The summed E-state index contributed by atoms with van der Waals surface area (Å²) in [6.45, 7) is 4.42. The van der Waals surface area contributed by atoms with Crippen molar-refractivity contribution < 1.29 is 27.8 Å². The zero-order valence-electron chi connectivity index (χ0n) is 16.1. The van der Waals surface area contributed by atoms with Crippen LogP contribution in [-0.4, -0.2) is 30.3 Å². The zero-order chi connectivity index (χ0) is 20.3. The van der Waals surface area contributed by atoms with Crippen LogP contribution >= 0.6 is 0 Å². The quantitative estimate of drug-likeness (QED) is 0.765. The normalized spacial score (nSPS) is 35.6. The predicted octanol–water partition coefficient (Wildman–Crippen LogP) is 3.48. The average molecular weight is 397 g/mol. The number of carbonyl (C=O) groups is 1. The van der Waals surface area contributed by atoms with Crippen molar-refractivity contribution in [2.24, 2.45) is 22.7 Å². The van der Waals surface area contributed by atoms with E-state index in [-0.39, 0.29) is 47.3 Å². The van der Waals surface area contributed by atoms with Crippen LogP contribution in [0.2, 0.25) is 0 Å². The van der Waals surface area contributed by atoms with Gasteiger partial charge in [0.15, 0.2) is 11.6 Å². The van der Waals surface area contributed by atoms with E-state index in [9.17, 15) is 18.0 Å². The first-order chi connectivity index (χ1) is 13.2. The number of fused-ring (bicyclic) bond motifs is 1. The Hall–Kier alpha value is -1.60. The molecule has 154 valence electrons. The highest BCUT2D eigenvalue weighted by Gasteiger charge is 2.68. The topological polar surface area (TPSA) is 58.6 Å². The molecule has 28 heavy (non-hydrogen) atoms. The standard InChI is InChI=1S/C21H26F3NO3/c1-20(2)11-7-13-18(12-8-15(23)16(24)9-14(12)22)28-6-4-21(13,10-11)19(20)25-17(27)3-5-26/h8-9,11,13,18-19,26H,3-7,10H2,1-2H3,(H,25,27)/t11-,13-,18-,19+,21-/m1/s1. The van der Waals surface area contributed by atoms with E-state index in [2.05, 4.69) is 19.2 Å². The summed E-state index contributed by atoms with van der Waals surface area (Å²) in [4.78, 5) is 12.3. The first kappa shape index (κ1) is 19.7. The summed E-state index contributed by atoms with van der Waals surface area (Å²) in [5, 5.41) is 12.2. The van der Waals surface area contributed by atoms with E-state index in [1.807, 2.05) is 0 Å². The van der Waals surface area contributed by atoms with Gasteiger partial charge in [0.2, 0.25) is 5.91 Å². The fourth-order valence-electron chi connectivity index (χ4n) is 6.19. The van der Waals surface area contributed by atoms with Gasteiger partial charge in [0.25, 0.3) is 0 Å². The van der Waals surface area contributed by atoms with Crippen LogP contribution in [0.5, 0.6) is 0 Å². The number of hydrogen-bond donors (Lipinski definition) is 2. The second kappa shape index (κ2) is 6.73. The number of benzene rings is 1. The minimum atomic E-state index is -1.21. The molecule has 2 aliphatic carbocycles. The van der Waals surface area contributed by atoms with E-state index in [4.69, 9.17) is 9.84 Å². The summed E-state index contributed by atoms with van der Waals surface area (Å²) in [6.07, 6.45) is 1.78. The Bertz CT molecular complexity index is 799. The average Bonchev–Trinajstić information content (AvgIpc) is 3.11. The molecule has 3 fully saturated rings. The van der Waals surface area contributed by atoms with E-state index < -0.39 is 23.6 Å². The van der Waals surface area contributed by atoms with Gasteiger partial charge < -0.3 is 15.2 Å². The SMILES string of the molecule is CC1(C)[C@@H]2C[C@@H]3[C@@H](c4cc(F)c(F)cc4F)OCC[C@]3(C2)[C@H]1NC(=O)CCO. The van der Waals surface area contributed by atoms with Gasteiger partial charge in [0, 0.05) is 30.7 Å². The number of ether oxygens (including phenoxy) is 1. The van der Waals surface area contributed by atoms with Crippen LogP contribution in [0.15, 0.2) is 12.1 Å². The molecular formula is C21H26F3NO3.